The van der Waals surface area contributed by atoms with Gasteiger partial charge in [0, 0.05) is 37.9 Å². The summed E-state index contributed by atoms with van der Waals surface area (Å²) in [7, 11) is -3.54. The van der Waals surface area contributed by atoms with Crippen LogP contribution in [-0.2, 0) is 14.8 Å². The van der Waals surface area contributed by atoms with E-state index < -0.39 is 10.0 Å². The number of nitrogens with two attached hydrogens (primary N) is 1. The van der Waals surface area contributed by atoms with Crippen LogP contribution in [0.1, 0.15) is 39.5 Å². The van der Waals surface area contributed by atoms with Gasteiger partial charge in [-0.15, -0.1) is 0 Å². The molecule has 7 nitrogen and oxygen atoms in total. The first kappa shape index (κ1) is 19.8. The number of carbonyl (C=O) groups excluding carboxylic acids is 1. The van der Waals surface area contributed by atoms with Crippen molar-refractivity contribution in [1.82, 2.24) is 14.6 Å². The lowest BCUT2D eigenvalue weighted by Crippen LogP contribution is -2.55. The molecular formula is C17H28N4O3S. The minimum atomic E-state index is -3.54. The third-order valence-electron chi connectivity index (χ3n) is 5.23. The number of hydrogen-bond donors (Lipinski definition) is 2. The van der Waals surface area contributed by atoms with Gasteiger partial charge in [0.1, 0.15) is 4.90 Å². The summed E-state index contributed by atoms with van der Waals surface area (Å²) in [5, 5.41) is 3.09. The third kappa shape index (κ3) is 4.37. The van der Waals surface area contributed by atoms with Crippen LogP contribution in [0.4, 0.5) is 0 Å². The van der Waals surface area contributed by atoms with Gasteiger partial charge in [-0.05, 0) is 37.8 Å². The molecule has 0 unspecified atom stereocenters. The van der Waals surface area contributed by atoms with Crippen LogP contribution in [0.25, 0.3) is 0 Å². The summed E-state index contributed by atoms with van der Waals surface area (Å²) in [6.07, 6.45) is 5.48. The van der Waals surface area contributed by atoms with Crippen molar-refractivity contribution in [2.75, 3.05) is 19.6 Å². The Morgan fingerprint density at radius 2 is 2.00 bits per heavy atom. The van der Waals surface area contributed by atoms with E-state index in [0.29, 0.717) is 32.5 Å². The molecule has 1 fully saturated rings. The average Bonchev–Trinajstić information content (AvgIpc) is 2.67. The second-order valence-corrected chi connectivity index (χ2v) is 8.49. The Hall–Kier alpha value is -1.51. The first-order chi connectivity index (χ1) is 11.9. The summed E-state index contributed by atoms with van der Waals surface area (Å²) >= 11 is 0. The van der Waals surface area contributed by atoms with E-state index in [2.05, 4.69) is 10.3 Å². The van der Waals surface area contributed by atoms with Crippen LogP contribution in [-0.4, -0.2) is 48.8 Å². The molecule has 140 valence electrons. The largest absolute Gasteiger partial charge is 0.349 e. The molecule has 0 aliphatic carbocycles. The van der Waals surface area contributed by atoms with Gasteiger partial charge in [-0.25, -0.2) is 8.42 Å². The molecule has 1 aliphatic heterocycles. The summed E-state index contributed by atoms with van der Waals surface area (Å²) in [4.78, 5) is 16.6. The van der Waals surface area contributed by atoms with Crippen molar-refractivity contribution >= 4 is 15.9 Å². The number of amides is 1. The molecule has 1 aromatic heterocycles. The number of carbonyl (C=O) groups is 1. The maximum atomic E-state index is 12.6. The van der Waals surface area contributed by atoms with Crippen molar-refractivity contribution in [3.63, 3.8) is 0 Å². The molecule has 0 aromatic carbocycles. The highest BCUT2D eigenvalue weighted by molar-refractivity contribution is 7.89. The van der Waals surface area contributed by atoms with Crippen LogP contribution in [0.3, 0.4) is 0 Å². The molecule has 8 heteroatoms. The Morgan fingerprint density at radius 1 is 1.36 bits per heavy atom. The first-order valence-electron chi connectivity index (χ1n) is 8.81. The van der Waals surface area contributed by atoms with E-state index in [-0.39, 0.29) is 22.3 Å². The van der Waals surface area contributed by atoms with E-state index in [4.69, 9.17) is 5.73 Å². The van der Waals surface area contributed by atoms with Crippen molar-refractivity contribution in [3.8, 4) is 0 Å². The molecule has 0 atom stereocenters. The van der Waals surface area contributed by atoms with E-state index in [1.54, 1.807) is 18.3 Å². The Bertz CT molecular complexity index is 658. The monoisotopic (exact) mass is 368 g/mol. The molecule has 0 radical (unpaired) electrons. The summed E-state index contributed by atoms with van der Waals surface area (Å²) in [6.45, 7) is 5.10. The Morgan fingerprint density at radius 3 is 2.48 bits per heavy atom. The molecule has 1 aromatic rings. The quantitative estimate of drug-likeness (QED) is 0.750. The number of hydrogen-bond acceptors (Lipinski definition) is 5. The number of piperidine rings is 1. The van der Waals surface area contributed by atoms with E-state index in [9.17, 15) is 13.2 Å². The first-order valence-corrected chi connectivity index (χ1v) is 10.2. The number of nitrogens with one attached hydrogen (secondary N) is 1. The third-order valence-corrected chi connectivity index (χ3v) is 7.11. The molecule has 2 heterocycles. The van der Waals surface area contributed by atoms with Crippen molar-refractivity contribution in [2.24, 2.45) is 11.7 Å². The number of sulfonamides is 1. The van der Waals surface area contributed by atoms with E-state index in [1.165, 1.54) is 10.5 Å². The number of nitrogens with zero attached hydrogens (tertiary/aromatic N) is 2. The van der Waals surface area contributed by atoms with Gasteiger partial charge in [-0.3, -0.25) is 9.78 Å². The van der Waals surface area contributed by atoms with Crippen molar-refractivity contribution in [3.05, 3.63) is 24.5 Å². The lowest BCUT2D eigenvalue weighted by molar-refractivity contribution is -0.128. The molecule has 3 N–H and O–H groups in total. The maximum absolute atomic E-state index is 12.6. The Kier molecular flexibility index (Phi) is 6.53. The molecule has 25 heavy (non-hydrogen) atoms. The molecular weight excluding hydrogens is 340 g/mol. The summed E-state index contributed by atoms with van der Waals surface area (Å²) < 4.78 is 26.6. The van der Waals surface area contributed by atoms with Gasteiger partial charge in [-0.2, -0.15) is 4.31 Å². The predicted octanol–water partition coefficient (Wildman–Crippen LogP) is 1.12. The lowest BCUT2D eigenvalue weighted by Gasteiger charge is -2.35. The van der Waals surface area contributed by atoms with E-state index in [1.807, 2.05) is 13.8 Å². The second kappa shape index (κ2) is 8.25. The fraction of sp³-hybridized carbons (Fsp3) is 0.647. The predicted molar refractivity (Wildman–Crippen MR) is 96.2 cm³/mol. The average molecular weight is 369 g/mol. The highest BCUT2D eigenvalue weighted by Gasteiger charge is 2.35. The zero-order valence-electron chi connectivity index (χ0n) is 14.9. The number of aromatic nitrogens is 1. The zero-order valence-corrected chi connectivity index (χ0v) is 15.8. The van der Waals surface area contributed by atoms with Gasteiger partial charge in [0.05, 0.1) is 5.54 Å². The fourth-order valence-corrected chi connectivity index (χ4v) is 4.57. The van der Waals surface area contributed by atoms with Crippen LogP contribution < -0.4 is 11.1 Å². The van der Waals surface area contributed by atoms with Crippen molar-refractivity contribution in [1.29, 1.82) is 0 Å². The Labute approximate surface area is 150 Å². The van der Waals surface area contributed by atoms with Gasteiger partial charge in [-0.1, -0.05) is 13.8 Å². The highest BCUT2D eigenvalue weighted by atomic mass is 32.2. The smallest absolute Gasteiger partial charge is 0.244 e. The van der Waals surface area contributed by atoms with Crippen LogP contribution in [0.15, 0.2) is 29.4 Å². The highest BCUT2D eigenvalue weighted by Crippen LogP contribution is 2.24. The lowest BCUT2D eigenvalue weighted by atomic mass is 9.90. The van der Waals surface area contributed by atoms with Gasteiger partial charge in [0.25, 0.3) is 0 Å². The van der Waals surface area contributed by atoms with Gasteiger partial charge < -0.3 is 11.1 Å². The number of pyridine rings is 1. The molecule has 0 spiro atoms. The molecule has 1 aliphatic rings. The number of rotatable bonds is 7. The van der Waals surface area contributed by atoms with Crippen LogP contribution >= 0.6 is 0 Å². The van der Waals surface area contributed by atoms with Gasteiger partial charge in [0.2, 0.25) is 15.9 Å². The van der Waals surface area contributed by atoms with E-state index >= 15 is 0 Å². The zero-order chi connectivity index (χ0) is 18.5. The van der Waals surface area contributed by atoms with Crippen LogP contribution in [0.5, 0.6) is 0 Å². The SMILES string of the molecule is CCC(CC)(CN)NC(=O)C1CCN(S(=O)(=O)c2cccnc2)CC1. The minimum Gasteiger partial charge on any atom is -0.349 e. The fourth-order valence-electron chi connectivity index (χ4n) is 3.14. The molecule has 1 saturated heterocycles. The van der Waals surface area contributed by atoms with Crippen LogP contribution in [0.2, 0.25) is 0 Å². The van der Waals surface area contributed by atoms with E-state index in [0.717, 1.165) is 12.8 Å². The normalized spacial score (nSPS) is 17.4. The van der Waals surface area contributed by atoms with Gasteiger partial charge >= 0.3 is 0 Å². The van der Waals surface area contributed by atoms with Crippen molar-refractivity contribution in [2.45, 2.75) is 50.0 Å². The summed E-state index contributed by atoms with van der Waals surface area (Å²) in [6, 6.07) is 3.15. The molecule has 0 bridgehead atoms. The molecule has 2 rings (SSSR count). The standard InChI is InChI=1S/C17H28N4O3S/c1-3-17(4-2,13-18)20-16(22)14-7-10-21(11-8-14)25(23,24)15-6-5-9-19-12-15/h5-6,9,12,14H,3-4,7-8,10-11,13,18H2,1-2H3,(H,20,22). The van der Waals surface area contributed by atoms with Crippen molar-refractivity contribution < 1.29 is 13.2 Å². The second-order valence-electron chi connectivity index (χ2n) is 6.55. The Balaban J connectivity index is 1.99. The molecule has 1 amide bonds. The van der Waals surface area contributed by atoms with Gasteiger partial charge in [0.15, 0.2) is 0 Å². The summed E-state index contributed by atoms with van der Waals surface area (Å²) in [5.41, 5.74) is 5.48. The van der Waals surface area contributed by atoms with Crippen LogP contribution in [0, 0.1) is 5.92 Å². The maximum Gasteiger partial charge on any atom is 0.244 e. The summed E-state index contributed by atoms with van der Waals surface area (Å²) in [5.74, 6) is -0.197. The molecule has 0 saturated carbocycles. The minimum absolute atomic E-state index is 0.0208. The topological polar surface area (TPSA) is 105 Å².